The molecule has 0 atom stereocenters. The molecule has 1 aliphatic rings. The van der Waals surface area contributed by atoms with E-state index >= 15 is 0 Å². The van der Waals surface area contributed by atoms with Gasteiger partial charge in [0.1, 0.15) is 5.75 Å². The summed E-state index contributed by atoms with van der Waals surface area (Å²) >= 11 is 3.44. The van der Waals surface area contributed by atoms with Gasteiger partial charge < -0.3 is 10.1 Å². The number of ether oxygens (including phenoxy) is 1. The number of rotatable bonds is 6. The zero-order valence-electron chi connectivity index (χ0n) is 11.3. The molecule has 0 aliphatic heterocycles. The van der Waals surface area contributed by atoms with Crippen LogP contribution in [0.15, 0.2) is 28.9 Å². The van der Waals surface area contributed by atoms with Crippen LogP contribution in [0.1, 0.15) is 18.5 Å². The van der Waals surface area contributed by atoms with E-state index in [0.29, 0.717) is 0 Å². The van der Waals surface area contributed by atoms with Crippen LogP contribution >= 0.6 is 15.9 Å². The molecule has 1 aliphatic carbocycles. The average Bonchev–Trinajstić information content (AvgIpc) is 3.16. The molecule has 1 N–H and O–H groups in total. The number of benzene rings is 1. The molecule has 106 valence electrons. The molecule has 3 rings (SSSR count). The summed E-state index contributed by atoms with van der Waals surface area (Å²) in [6.45, 7) is 1.85. The number of nitrogens with one attached hydrogen (secondary N) is 1. The van der Waals surface area contributed by atoms with Gasteiger partial charge in [-0.25, -0.2) is 4.68 Å². The zero-order valence-corrected chi connectivity index (χ0v) is 12.9. The van der Waals surface area contributed by atoms with Gasteiger partial charge in [-0.3, -0.25) is 0 Å². The molecule has 1 heterocycles. The van der Waals surface area contributed by atoms with Gasteiger partial charge in [-0.1, -0.05) is 5.21 Å². The van der Waals surface area contributed by atoms with E-state index < -0.39 is 0 Å². The molecule has 0 radical (unpaired) electrons. The number of nitrogens with zero attached hydrogens (tertiary/aromatic N) is 3. The van der Waals surface area contributed by atoms with Crippen LogP contribution < -0.4 is 10.1 Å². The van der Waals surface area contributed by atoms with Crippen LogP contribution in [0, 0.1) is 5.92 Å². The van der Waals surface area contributed by atoms with Gasteiger partial charge in [0.25, 0.3) is 0 Å². The van der Waals surface area contributed by atoms with E-state index in [1.54, 1.807) is 11.8 Å². The highest BCUT2D eigenvalue weighted by molar-refractivity contribution is 9.10. The Bertz CT molecular complexity index is 595. The van der Waals surface area contributed by atoms with Gasteiger partial charge in [0.05, 0.1) is 29.2 Å². The number of hydrogen-bond acceptors (Lipinski definition) is 4. The Labute approximate surface area is 126 Å². The summed E-state index contributed by atoms with van der Waals surface area (Å²) in [4.78, 5) is 0. The Morgan fingerprint density at radius 2 is 2.30 bits per heavy atom. The quantitative estimate of drug-likeness (QED) is 0.880. The lowest BCUT2D eigenvalue weighted by Gasteiger charge is -2.05. The fraction of sp³-hybridized carbons (Fsp3) is 0.429. The topological polar surface area (TPSA) is 52.0 Å². The second kappa shape index (κ2) is 5.93. The highest BCUT2D eigenvalue weighted by atomic mass is 79.9. The first-order chi connectivity index (χ1) is 9.76. The Morgan fingerprint density at radius 3 is 3.05 bits per heavy atom. The summed E-state index contributed by atoms with van der Waals surface area (Å²) in [6.07, 6.45) is 4.67. The molecule has 5 nitrogen and oxygen atoms in total. The Morgan fingerprint density at radius 1 is 1.45 bits per heavy atom. The molecule has 1 aromatic heterocycles. The van der Waals surface area contributed by atoms with Gasteiger partial charge >= 0.3 is 0 Å². The average molecular weight is 337 g/mol. The van der Waals surface area contributed by atoms with Crippen LogP contribution in [-0.2, 0) is 6.54 Å². The minimum Gasteiger partial charge on any atom is -0.495 e. The Balaban J connectivity index is 1.68. The second-order valence-corrected chi connectivity index (χ2v) is 5.90. The predicted molar refractivity (Wildman–Crippen MR) is 80.0 cm³/mol. The largest absolute Gasteiger partial charge is 0.495 e. The molecule has 0 saturated heterocycles. The van der Waals surface area contributed by atoms with Gasteiger partial charge in [0, 0.05) is 12.6 Å². The molecular formula is C14H17BrN4O. The summed E-state index contributed by atoms with van der Waals surface area (Å²) < 4.78 is 7.98. The van der Waals surface area contributed by atoms with Crippen molar-refractivity contribution in [1.29, 1.82) is 0 Å². The van der Waals surface area contributed by atoms with E-state index in [1.807, 2.05) is 24.4 Å². The maximum atomic E-state index is 5.29. The van der Waals surface area contributed by atoms with E-state index in [1.165, 1.54) is 12.8 Å². The van der Waals surface area contributed by atoms with Crippen LogP contribution in [0.4, 0.5) is 0 Å². The Hall–Kier alpha value is -1.40. The molecule has 0 bridgehead atoms. The third-order valence-corrected chi connectivity index (χ3v) is 4.03. The minimum absolute atomic E-state index is 0.768. The van der Waals surface area contributed by atoms with Gasteiger partial charge in [-0.15, -0.1) is 5.10 Å². The first-order valence-corrected chi connectivity index (χ1v) is 7.51. The normalized spacial score (nSPS) is 14.5. The van der Waals surface area contributed by atoms with Crippen molar-refractivity contribution in [3.8, 4) is 11.4 Å². The summed E-state index contributed by atoms with van der Waals surface area (Å²) in [5.74, 6) is 1.66. The van der Waals surface area contributed by atoms with Crippen LogP contribution in [0.2, 0.25) is 0 Å². The molecule has 1 saturated carbocycles. The summed E-state index contributed by atoms with van der Waals surface area (Å²) in [6, 6.07) is 5.85. The number of aromatic nitrogens is 3. The lowest BCUT2D eigenvalue weighted by Crippen LogP contribution is -2.16. The van der Waals surface area contributed by atoms with Crippen LogP contribution in [-0.4, -0.2) is 28.6 Å². The van der Waals surface area contributed by atoms with Crippen molar-refractivity contribution in [2.24, 2.45) is 5.92 Å². The smallest absolute Gasteiger partial charge is 0.135 e. The lowest BCUT2D eigenvalue weighted by atomic mass is 10.3. The highest BCUT2D eigenvalue weighted by Gasteiger charge is 2.20. The van der Waals surface area contributed by atoms with Crippen molar-refractivity contribution in [2.45, 2.75) is 19.4 Å². The molecular weight excluding hydrogens is 320 g/mol. The zero-order chi connectivity index (χ0) is 13.9. The standard InChI is InChI=1S/C14H17BrN4O/c1-20-14-6-12(4-5-13(14)15)19-9-11(17-18-19)8-16-7-10-2-3-10/h4-6,9-10,16H,2-3,7-8H2,1H3. The predicted octanol–water partition coefficient (Wildman–Crippen LogP) is 2.54. The summed E-state index contributed by atoms with van der Waals surface area (Å²) in [7, 11) is 1.65. The van der Waals surface area contributed by atoms with E-state index in [0.717, 1.165) is 40.6 Å². The van der Waals surface area contributed by atoms with Crippen LogP contribution in [0.5, 0.6) is 5.75 Å². The van der Waals surface area contributed by atoms with Gasteiger partial charge in [-0.2, -0.15) is 0 Å². The molecule has 0 amide bonds. The van der Waals surface area contributed by atoms with E-state index in [9.17, 15) is 0 Å². The van der Waals surface area contributed by atoms with Crippen molar-refractivity contribution >= 4 is 15.9 Å². The van der Waals surface area contributed by atoms with Crippen LogP contribution in [0.25, 0.3) is 5.69 Å². The maximum Gasteiger partial charge on any atom is 0.135 e. The fourth-order valence-electron chi connectivity index (χ4n) is 2.02. The number of methoxy groups -OCH3 is 1. The maximum absolute atomic E-state index is 5.29. The molecule has 0 spiro atoms. The molecule has 0 unspecified atom stereocenters. The third-order valence-electron chi connectivity index (χ3n) is 3.38. The van der Waals surface area contributed by atoms with Gasteiger partial charge in [-0.05, 0) is 53.4 Å². The number of hydrogen-bond donors (Lipinski definition) is 1. The summed E-state index contributed by atoms with van der Waals surface area (Å²) in [5.41, 5.74) is 1.89. The van der Waals surface area contributed by atoms with Crippen molar-refractivity contribution in [3.05, 3.63) is 34.6 Å². The van der Waals surface area contributed by atoms with Crippen molar-refractivity contribution in [2.75, 3.05) is 13.7 Å². The van der Waals surface area contributed by atoms with E-state index in [4.69, 9.17) is 4.74 Å². The third kappa shape index (κ3) is 3.19. The van der Waals surface area contributed by atoms with Crippen molar-refractivity contribution in [1.82, 2.24) is 20.3 Å². The first-order valence-electron chi connectivity index (χ1n) is 6.72. The molecule has 2 aromatic rings. The van der Waals surface area contributed by atoms with E-state index in [2.05, 4.69) is 31.6 Å². The SMILES string of the molecule is COc1cc(-n2cc(CNCC3CC3)nn2)ccc1Br. The molecule has 1 fully saturated rings. The van der Waals surface area contributed by atoms with Crippen molar-refractivity contribution < 1.29 is 4.74 Å². The monoisotopic (exact) mass is 336 g/mol. The fourth-order valence-corrected chi connectivity index (χ4v) is 2.43. The molecule has 20 heavy (non-hydrogen) atoms. The van der Waals surface area contributed by atoms with Gasteiger partial charge in [0.15, 0.2) is 0 Å². The van der Waals surface area contributed by atoms with Gasteiger partial charge in [0.2, 0.25) is 0 Å². The Kier molecular flexibility index (Phi) is 4.03. The molecule has 6 heteroatoms. The van der Waals surface area contributed by atoms with Crippen LogP contribution in [0.3, 0.4) is 0 Å². The second-order valence-electron chi connectivity index (χ2n) is 5.05. The number of halogens is 1. The van der Waals surface area contributed by atoms with Crippen molar-refractivity contribution in [3.63, 3.8) is 0 Å². The summed E-state index contributed by atoms with van der Waals surface area (Å²) in [5, 5.41) is 11.8. The first kappa shape index (κ1) is 13.6. The van der Waals surface area contributed by atoms with E-state index in [-0.39, 0.29) is 0 Å². The minimum atomic E-state index is 0.768. The molecule has 1 aromatic carbocycles. The lowest BCUT2D eigenvalue weighted by molar-refractivity contribution is 0.412. The highest BCUT2D eigenvalue weighted by Crippen LogP contribution is 2.28.